The molecule has 9 nitrogen and oxygen atoms in total. The number of hydrogen-bond acceptors (Lipinski definition) is 8. The number of sulfone groups is 1. The number of hydrogen-bond donors (Lipinski definition) is 2. The summed E-state index contributed by atoms with van der Waals surface area (Å²) in [4.78, 5) is 24.0. The number of aryl methyl sites for hydroxylation is 1. The molecular weight excluding hydrogens is 442 g/mol. The fourth-order valence-corrected chi connectivity index (χ4v) is 5.20. The van der Waals surface area contributed by atoms with E-state index in [-0.39, 0.29) is 29.1 Å². The number of pyridine rings is 1. The van der Waals surface area contributed by atoms with Gasteiger partial charge in [0.1, 0.15) is 11.2 Å². The standard InChI is InChI=1S/C23H29N5O4S/c1-14(2)25-22-21-18(24-13-27(3)23(21)30)11-17(26-22)15-7-8-19(20(10-15)33(4,31)32)28-9-5-6-16(28)12-29/h7-8,10-11,13-14,16,29H,5-6,9,12H2,1-4H3,(H,25,26)/t16-/m0/s1. The molecule has 1 saturated heterocycles. The molecule has 1 fully saturated rings. The second-order valence-electron chi connectivity index (χ2n) is 8.84. The summed E-state index contributed by atoms with van der Waals surface area (Å²) in [7, 11) is -1.92. The molecular formula is C23H29N5O4S. The molecule has 2 aromatic heterocycles. The molecule has 1 aromatic carbocycles. The van der Waals surface area contributed by atoms with Crippen molar-refractivity contribution in [1.29, 1.82) is 0 Å². The normalized spacial score (nSPS) is 16.7. The predicted molar refractivity (Wildman–Crippen MR) is 130 cm³/mol. The van der Waals surface area contributed by atoms with E-state index in [0.717, 1.165) is 12.8 Å². The van der Waals surface area contributed by atoms with E-state index in [1.54, 1.807) is 25.2 Å². The fourth-order valence-electron chi connectivity index (χ4n) is 4.30. The number of benzene rings is 1. The molecule has 3 aromatic rings. The van der Waals surface area contributed by atoms with Gasteiger partial charge in [-0.2, -0.15) is 0 Å². The van der Waals surface area contributed by atoms with E-state index in [9.17, 15) is 18.3 Å². The minimum atomic E-state index is -3.55. The van der Waals surface area contributed by atoms with Crippen LogP contribution in [0.2, 0.25) is 0 Å². The van der Waals surface area contributed by atoms with Crippen molar-refractivity contribution < 1.29 is 13.5 Å². The van der Waals surface area contributed by atoms with Crippen LogP contribution in [0.1, 0.15) is 26.7 Å². The Morgan fingerprint density at radius 3 is 2.70 bits per heavy atom. The van der Waals surface area contributed by atoms with Gasteiger partial charge in [0.05, 0.1) is 40.8 Å². The van der Waals surface area contributed by atoms with E-state index >= 15 is 0 Å². The van der Waals surface area contributed by atoms with Gasteiger partial charge >= 0.3 is 0 Å². The number of rotatable bonds is 6. The maximum atomic E-state index is 12.8. The first-order valence-corrected chi connectivity index (χ1v) is 12.8. The molecule has 3 heterocycles. The monoisotopic (exact) mass is 471 g/mol. The predicted octanol–water partition coefficient (Wildman–Crippen LogP) is 2.18. The van der Waals surface area contributed by atoms with Gasteiger partial charge in [-0.25, -0.2) is 18.4 Å². The Balaban J connectivity index is 1.91. The molecule has 10 heteroatoms. The van der Waals surface area contributed by atoms with Crippen LogP contribution in [0, 0.1) is 0 Å². The molecule has 1 aliphatic heterocycles. The lowest BCUT2D eigenvalue weighted by Crippen LogP contribution is -2.33. The molecule has 1 atom stereocenters. The first kappa shape index (κ1) is 23.2. The number of nitrogens with one attached hydrogen (secondary N) is 1. The van der Waals surface area contributed by atoms with E-state index in [0.29, 0.717) is 40.2 Å². The summed E-state index contributed by atoms with van der Waals surface area (Å²) in [6.45, 7) is 4.56. The molecule has 0 aliphatic carbocycles. The fraction of sp³-hybridized carbons (Fsp3) is 0.435. The second-order valence-corrected chi connectivity index (χ2v) is 10.8. The van der Waals surface area contributed by atoms with Crippen molar-refractivity contribution in [2.24, 2.45) is 7.05 Å². The average Bonchev–Trinajstić information content (AvgIpc) is 3.23. The van der Waals surface area contributed by atoms with Crippen LogP contribution in [0.4, 0.5) is 11.5 Å². The van der Waals surface area contributed by atoms with Crippen LogP contribution in [0.15, 0.2) is 40.3 Å². The Bertz CT molecular complexity index is 1370. The number of aliphatic hydroxyl groups excluding tert-OH is 1. The average molecular weight is 472 g/mol. The third-order valence-corrected chi connectivity index (χ3v) is 7.01. The van der Waals surface area contributed by atoms with Crippen LogP contribution in [0.3, 0.4) is 0 Å². The molecule has 0 spiro atoms. The van der Waals surface area contributed by atoms with Gasteiger partial charge in [-0.1, -0.05) is 6.07 Å². The minimum Gasteiger partial charge on any atom is -0.394 e. The van der Waals surface area contributed by atoms with Gasteiger partial charge in [0.25, 0.3) is 5.56 Å². The van der Waals surface area contributed by atoms with Gasteiger partial charge in [-0.3, -0.25) is 4.79 Å². The van der Waals surface area contributed by atoms with E-state index in [4.69, 9.17) is 0 Å². The Labute approximate surface area is 193 Å². The summed E-state index contributed by atoms with van der Waals surface area (Å²) < 4.78 is 26.8. The van der Waals surface area contributed by atoms with Crippen molar-refractivity contribution in [2.45, 2.75) is 43.7 Å². The van der Waals surface area contributed by atoms with Gasteiger partial charge in [0.15, 0.2) is 9.84 Å². The first-order valence-electron chi connectivity index (χ1n) is 10.9. The number of fused-ring (bicyclic) bond motifs is 1. The zero-order valence-corrected chi connectivity index (χ0v) is 20.1. The topological polar surface area (TPSA) is 117 Å². The van der Waals surface area contributed by atoms with Crippen LogP contribution < -0.4 is 15.8 Å². The Kier molecular flexibility index (Phi) is 6.15. The van der Waals surface area contributed by atoms with Gasteiger partial charge < -0.3 is 19.9 Å². The second kappa shape index (κ2) is 8.75. The molecule has 0 bridgehead atoms. The highest BCUT2D eigenvalue weighted by Gasteiger charge is 2.28. The molecule has 2 N–H and O–H groups in total. The molecule has 0 radical (unpaired) electrons. The van der Waals surface area contributed by atoms with Crippen LogP contribution in [0.5, 0.6) is 0 Å². The lowest BCUT2D eigenvalue weighted by molar-refractivity contribution is 0.266. The van der Waals surface area contributed by atoms with Crippen molar-refractivity contribution in [1.82, 2.24) is 14.5 Å². The highest BCUT2D eigenvalue weighted by atomic mass is 32.2. The van der Waals surface area contributed by atoms with Gasteiger partial charge in [-0.05, 0) is 44.9 Å². The number of nitrogens with zero attached hydrogens (tertiary/aromatic N) is 4. The van der Waals surface area contributed by atoms with Crippen LogP contribution in [-0.2, 0) is 16.9 Å². The zero-order chi connectivity index (χ0) is 23.9. The Hall–Kier alpha value is -2.98. The summed E-state index contributed by atoms with van der Waals surface area (Å²) in [5.74, 6) is 0.413. The maximum Gasteiger partial charge on any atom is 0.264 e. The smallest absolute Gasteiger partial charge is 0.264 e. The SMILES string of the molecule is CC(C)Nc1nc(-c2ccc(N3CCC[C@H]3CO)c(S(C)(=O)=O)c2)cc2ncn(C)c(=O)c12. The largest absolute Gasteiger partial charge is 0.394 e. The lowest BCUT2D eigenvalue weighted by Gasteiger charge is -2.27. The minimum absolute atomic E-state index is 0.0258. The van der Waals surface area contributed by atoms with E-state index in [1.165, 1.54) is 17.2 Å². The molecule has 33 heavy (non-hydrogen) atoms. The highest BCUT2D eigenvalue weighted by Crippen LogP contribution is 2.35. The third-order valence-electron chi connectivity index (χ3n) is 5.88. The van der Waals surface area contributed by atoms with E-state index in [2.05, 4.69) is 15.3 Å². The van der Waals surface area contributed by atoms with Crippen molar-refractivity contribution in [2.75, 3.05) is 29.6 Å². The highest BCUT2D eigenvalue weighted by molar-refractivity contribution is 7.90. The summed E-state index contributed by atoms with van der Waals surface area (Å²) in [5.41, 5.74) is 1.98. The van der Waals surface area contributed by atoms with E-state index in [1.807, 2.05) is 24.8 Å². The number of aromatic nitrogens is 3. The third kappa shape index (κ3) is 4.45. The lowest BCUT2D eigenvalue weighted by atomic mass is 10.1. The summed E-state index contributed by atoms with van der Waals surface area (Å²) in [6.07, 6.45) is 4.36. The van der Waals surface area contributed by atoms with Crippen LogP contribution in [-0.4, -0.2) is 59.6 Å². The summed E-state index contributed by atoms with van der Waals surface area (Å²) >= 11 is 0. The van der Waals surface area contributed by atoms with Gasteiger partial charge in [0, 0.05) is 31.5 Å². The molecule has 0 amide bonds. The summed E-state index contributed by atoms with van der Waals surface area (Å²) in [6, 6.07) is 6.85. The van der Waals surface area contributed by atoms with E-state index < -0.39 is 9.84 Å². The van der Waals surface area contributed by atoms with Gasteiger partial charge in [-0.15, -0.1) is 0 Å². The quantitative estimate of drug-likeness (QED) is 0.562. The molecule has 4 rings (SSSR count). The van der Waals surface area contributed by atoms with Crippen LogP contribution in [0.25, 0.3) is 22.2 Å². The molecule has 176 valence electrons. The Morgan fingerprint density at radius 2 is 2.03 bits per heavy atom. The Morgan fingerprint density at radius 1 is 1.27 bits per heavy atom. The number of aliphatic hydroxyl groups is 1. The maximum absolute atomic E-state index is 12.8. The van der Waals surface area contributed by atoms with Gasteiger partial charge in [0.2, 0.25) is 0 Å². The summed E-state index contributed by atoms with van der Waals surface area (Å²) in [5, 5.41) is 13.3. The van der Waals surface area contributed by atoms with Crippen molar-refractivity contribution in [3.8, 4) is 11.3 Å². The molecule has 1 aliphatic rings. The number of anilines is 2. The molecule has 0 saturated carbocycles. The zero-order valence-electron chi connectivity index (χ0n) is 19.2. The molecule has 0 unspecified atom stereocenters. The van der Waals surface area contributed by atoms with Crippen molar-refractivity contribution in [3.05, 3.63) is 40.9 Å². The van der Waals surface area contributed by atoms with Crippen LogP contribution >= 0.6 is 0 Å². The van der Waals surface area contributed by atoms with Crippen molar-refractivity contribution in [3.63, 3.8) is 0 Å². The van der Waals surface area contributed by atoms with Crippen molar-refractivity contribution >= 4 is 32.2 Å². The first-order chi connectivity index (χ1) is 15.6.